The van der Waals surface area contributed by atoms with Crippen LogP contribution >= 0.6 is 0 Å². The van der Waals surface area contributed by atoms with Gasteiger partial charge in [-0.1, -0.05) is 13.8 Å². The number of ketones is 1. The van der Waals surface area contributed by atoms with Crippen LogP contribution in [0.1, 0.15) is 33.1 Å². The quantitative estimate of drug-likeness (QED) is 0.472. The van der Waals surface area contributed by atoms with E-state index in [0.29, 0.717) is 18.8 Å². The molecule has 3 nitrogen and oxygen atoms in total. The molecule has 78 valence electrons. The van der Waals surface area contributed by atoms with Crippen LogP contribution in [0.3, 0.4) is 0 Å². The van der Waals surface area contributed by atoms with Crippen LogP contribution in [-0.4, -0.2) is 18.9 Å². The van der Waals surface area contributed by atoms with Crippen LogP contribution in [0.15, 0.2) is 0 Å². The fourth-order valence-electron chi connectivity index (χ4n) is 3.33. The van der Waals surface area contributed by atoms with Crippen molar-refractivity contribution >= 4 is 11.8 Å². The molecule has 2 rings (SSSR count). The highest BCUT2D eigenvalue weighted by Gasteiger charge is 2.68. The predicted octanol–water partition coefficient (Wildman–Crippen LogP) is 1.55. The van der Waals surface area contributed by atoms with E-state index in [9.17, 15) is 9.59 Å². The monoisotopic (exact) mass is 196 g/mol. The second-order valence-electron chi connectivity index (χ2n) is 4.98. The lowest BCUT2D eigenvalue weighted by Crippen LogP contribution is -2.44. The maximum atomic E-state index is 11.9. The Hall–Kier alpha value is -0.860. The van der Waals surface area contributed by atoms with Crippen LogP contribution in [0.4, 0.5) is 0 Å². The van der Waals surface area contributed by atoms with E-state index < -0.39 is 5.41 Å². The molecule has 3 heteroatoms. The van der Waals surface area contributed by atoms with E-state index in [4.69, 9.17) is 4.74 Å². The van der Waals surface area contributed by atoms with Gasteiger partial charge in [0, 0.05) is 6.42 Å². The molecular weight excluding hydrogens is 180 g/mol. The third kappa shape index (κ3) is 0.787. The second kappa shape index (κ2) is 2.59. The smallest absolute Gasteiger partial charge is 0.319 e. The van der Waals surface area contributed by atoms with Gasteiger partial charge in [0.05, 0.1) is 7.11 Å². The number of fused-ring (bicyclic) bond motifs is 2. The third-order valence-corrected chi connectivity index (χ3v) is 4.43. The van der Waals surface area contributed by atoms with Crippen molar-refractivity contribution in [2.24, 2.45) is 16.7 Å². The van der Waals surface area contributed by atoms with Gasteiger partial charge in [-0.3, -0.25) is 9.59 Å². The van der Waals surface area contributed by atoms with E-state index in [1.165, 1.54) is 7.11 Å². The molecule has 0 radical (unpaired) electrons. The van der Waals surface area contributed by atoms with Crippen LogP contribution < -0.4 is 0 Å². The Morgan fingerprint density at radius 3 is 2.50 bits per heavy atom. The van der Waals surface area contributed by atoms with Gasteiger partial charge < -0.3 is 4.74 Å². The maximum Gasteiger partial charge on any atom is 0.319 e. The average Bonchev–Trinajstić information content (AvgIpc) is 2.49. The van der Waals surface area contributed by atoms with Gasteiger partial charge >= 0.3 is 5.97 Å². The van der Waals surface area contributed by atoms with Gasteiger partial charge in [0.2, 0.25) is 0 Å². The first-order valence-electron chi connectivity index (χ1n) is 5.08. The number of rotatable bonds is 1. The summed E-state index contributed by atoms with van der Waals surface area (Å²) >= 11 is 0. The Kier molecular flexibility index (Phi) is 1.79. The molecule has 0 aromatic rings. The van der Waals surface area contributed by atoms with E-state index in [-0.39, 0.29) is 17.2 Å². The largest absolute Gasteiger partial charge is 0.468 e. The predicted molar refractivity (Wildman–Crippen MR) is 50.6 cm³/mol. The third-order valence-electron chi connectivity index (χ3n) is 4.43. The van der Waals surface area contributed by atoms with Crippen molar-refractivity contribution in [1.82, 2.24) is 0 Å². The highest BCUT2D eigenvalue weighted by Crippen LogP contribution is 2.64. The molecular formula is C11H16O3. The summed E-state index contributed by atoms with van der Waals surface area (Å²) in [4.78, 5) is 23.6. The minimum atomic E-state index is -0.827. The molecule has 0 aromatic carbocycles. The van der Waals surface area contributed by atoms with E-state index in [1.807, 2.05) is 13.8 Å². The summed E-state index contributed by atoms with van der Waals surface area (Å²) in [5.74, 6) is 0.132. The number of esters is 1. The molecule has 0 amide bonds. The fraction of sp³-hybridized carbons (Fsp3) is 0.818. The second-order valence-corrected chi connectivity index (χ2v) is 4.98. The summed E-state index contributed by atoms with van der Waals surface area (Å²) in [5, 5.41) is 0. The highest BCUT2D eigenvalue weighted by atomic mass is 16.5. The van der Waals surface area contributed by atoms with Crippen LogP contribution in [0, 0.1) is 16.7 Å². The molecule has 2 fully saturated rings. The zero-order valence-corrected chi connectivity index (χ0v) is 8.92. The Morgan fingerprint density at radius 2 is 2.14 bits per heavy atom. The zero-order valence-electron chi connectivity index (χ0n) is 8.92. The minimum absolute atomic E-state index is 0.0885. The highest BCUT2D eigenvalue weighted by molar-refractivity contribution is 6.07. The molecule has 14 heavy (non-hydrogen) atoms. The zero-order chi connectivity index (χ0) is 10.6. The van der Waals surface area contributed by atoms with Gasteiger partial charge in [-0.25, -0.2) is 0 Å². The van der Waals surface area contributed by atoms with Gasteiger partial charge in [0.1, 0.15) is 5.41 Å². The van der Waals surface area contributed by atoms with Gasteiger partial charge in [0.15, 0.2) is 5.78 Å². The number of hydrogen-bond donors (Lipinski definition) is 0. The van der Waals surface area contributed by atoms with Crippen LogP contribution in [-0.2, 0) is 14.3 Å². The van der Waals surface area contributed by atoms with Crippen molar-refractivity contribution in [3.05, 3.63) is 0 Å². The van der Waals surface area contributed by atoms with Crippen molar-refractivity contribution < 1.29 is 14.3 Å². The van der Waals surface area contributed by atoms with E-state index >= 15 is 0 Å². The van der Waals surface area contributed by atoms with E-state index in [0.717, 1.165) is 6.42 Å². The van der Waals surface area contributed by atoms with Crippen molar-refractivity contribution in [2.45, 2.75) is 33.1 Å². The first kappa shape index (κ1) is 9.69. The lowest BCUT2D eigenvalue weighted by Gasteiger charge is -2.33. The van der Waals surface area contributed by atoms with E-state index in [1.54, 1.807) is 0 Å². The molecule has 0 heterocycles. The fourth-order valence-corrected chi connectivity index (χ4v) is 3.33. The standard InChI is InChI=1S/C11H16O3/c1-10(2)7-4-5-11(10,8(12)6-7)9(13)14-3/h7H,4-6H2,1-3H3/t7-,11-/m1/s1. The number of hydrogen-bond acceptors (Lipinski definition) is 3. The topological polar surface area (TPSA) is 43.4 Å². The summed E-state index contributed by atoms with van der Waals surface area (Å²) < 4.78 is 4.80. The van der Waals surface area contributed by atoms with Crippen molar-refractivity contribution in [2.75, 3.05) is 7.11 Å². The van der Waals surface area contributed by atoms with Crippen molar-refractivity contribution in [3.8, 4) is 0 Å². The number of carbonyl (C=O) groups excluding carboxylic acids is 2. The first-order chi connectivity index (χ1) is 6.46. The molecule has 0 spiro atoms. The molecule has 0 aliphatic heterocycles. The van der Waals surface area contributed by atoms with Crippen LogP contribution in [0.5, 0.6) is 0 Å². The molecule has 2 aliphatic carbocycles. The molecule has 2 saturated carbocycles. The normalized spacial score (nSPS) is 38.8. The summed E-state index contributed by atoms with van der Waals surface area (Å²) in [5.41, 5.74) is -1.04. The Labute approximate surface area is 83.8 Å². The maximum absolute atomic E-state index is 11.9. The van der Waals surface area contributed by atoms with Gasteiger partial charge in [0.25, 0.3) is 0 Å². The van der Waals surface area contributed by atoms with Gasteiger partial charge in [-0.15, -0.1) is 0 Å². The summed E-state index contributed by atoms with van der Waals surface area (Å²) in [6.07, 6.45) is 2.21. The average molecular weight is 196 g/mol. The van der Waals surface area contributed by atoms with Crippen molar-refractivity contribution in [3.63, 3.8) is 0 Å². The molecule has 2 atom stereocenters. The summed E-state index contributed by atoms with van der Waals surface area (Å²) in [6.45, 7) is 4.04. The Morgan fingerprint density at radius 1 is 1.50 bits per heavy atom. The number of methoxy groups -OCH3 is 1. The molecule has 2 aliphatic rings. The lowest BCUT2D eigenvalue weighted by molar-refractivity contribution is -0.161. The van der Waals surface area contributed by atoms with Crippen molar-refractivity contribution in [1.29, 1.82) is 0 Å². The van der Waals surface area contributed by atoms with Gasteiger partial charge in [-0.05, 0) is 24.2 Å². The number of Topliss-reactive ketones (excluding diaryl/α,β-unsaturated/α-hetero) is 1. The lowest BCUT2D eigenvalue weighted by atomic mass is 9.69. The Bertz CT molecular complexity index is 306. The molecule has 0 saturated heterocycles. The van der Waals surface area contributed by atoms with E-state index in [2.05, 4.69) is 0 Å². The molecule has 2 bridgehead atoms. The molecule has 0 unspecified atom stereocenters. The molecule has 0 N–H and O–H groups in total. The van der Waals surface area contributed by atoms with Crippen LogP contribution in [0.25, 0.3) is 0 Å². The van der Waals surface area contributed by atoms with Gasteiger partial charge in [-0.2, -0.15) is 0 Å². The first-order valence-corrected chi connectivity index (χ1v) is 5.08. The summed E-state index contributed by atoms with van der Waals surface area (Å²) in [7, 11) is 1.37. The Balaban J connectivity index is 2.49. The minimum Gasteiger partial charge on any atom is -0.468 e. The number of ether oxygens (including phenoxy) is 1. The molecule has 0 aromatic heterocycles. The number of carbonyl (C=O) groups is 2. The summed E-state index contributed by atoms with van der Waals surface area (Å²) in [6, 6.07) is 0. The van der Waals surface area contributed by atoms with Crippen LogP contribution in [0.2, 0.25) is 0 Å². The SMILES string of the molecule is COC(=O)[C@@]12CC[C@H](CC1=O)C2(C)C.